The van der Waals surface area contributed by atoms with Gasteiger partial charge >= 0.3 is 0 Å². The third-order valence-corrected chi connectivity index (χ3v) is 4.19. The molecule has 0 saturated heterocycles. The molecule has 0 aromatic heterocycles. The number of aryl methyl sites for hydroxylation is 1. The highest BCUT2D eigenvalue weighted by atomic mass is 35.5. The van der Waals surface area contributed by atoms with Gasteiger partial charge < -0.3 is 4.74 Å². The predicted molar refractivity (Wildman–Crippen MR) is 75.5 cm³/mol. The van der Waals surface area contributed by atoms with Crippen LogP contribution in [0.5, 0.6) is 5.75 Å². The van der Waals surface area contributed by atoms with Crippen LogP contribution in [0.1, 0.15) is 36.8 Å². The maximum absolute atomic E-state index is 6.19. The van der Waals surface area contributed by atoms with Crippen LogP contribution in [-0.4, -0.2) is 11.5 Å². The monoisotopic (exact) mass is 262 g/mol. The molecule has 3 rings (SSSR count). The first-order chi connectivity index (χ1) is 8.70. The van der Waals surface area contributed by atoms with Crippen LogP contribution in [0.3, 0.4) is 0 Å². The maximum Gasteiger partial charge on any atom is 0.123 e. The minimum absolute atomic E-state index is 0.236. The highest BCUT2D eigenvalue weighted by Gasteiger charge is 2.24. The molecule has 1 heterocycles. The number of benzene rings is 1. The number of fused-ring (bicyclic) bond motifs is 1. The lowest BCUT2D eigenvalue weighted by atomic mass is 9.93. The average Bonchev–Trinajstić information content (AvgIpc) is 2.70. The Morgan fingerprint density at radius 1 is 1.39 bits per heavy atom. The summed E-state index contributed by atoms with van der Waals surface area (Å²) in [6.45, 7) is 2.13. The van der Waals surface area contributed by atoms with Crippen molar-refractivity contribution in [2.75, 3.05) is 0 Å². The quantitative estimate of drug-likeness (QED) is 0.567. The third-order valence-electron chi connectivity index (χ3n) is 3.84. The minimum atomic E-state index is 0.236. The molecule has 1 aromatic carbocycles. The van der Waals surface area contributed by atoms with Gasteiger partial charge in [-0.25, -0.2) is 0 Å². The Morgan fingerprint density at radius 3 is 3.11 bits per heavy atom. The third kappa shape index (κ3) is 2.56. The molecule has 1 aromatic rings. The first-order valence-electron chi connectivity index (χ1n) is 6.80. The molecule has 0 bridgehead atoms. The van der Waals surface area contributed by atoms with E-state index in [0.29, 0.717) is 6.10 Å². The number of ether oxygens (including phenoxy) is 1. The molecule has 0 fully saturated rings. The number of halogens is 1. The number of hydrogen-bond donors (Lipinski definition) is 0. The number of alkyl halides is 1. The van der Waals surface area contributed by atoms with E-state index < -0.39 is 0 Å². The molecule has 18 heavy (non-hydrogen) atoms. The Bertz CT molecular complexity index is 478. The molecule has 0 radical (unpaired) electrons. The highest BCUT2D eigenvalue weighted by molar-refractivity contribution is 6.21. The average molecular weight is 263 g/mol. The summed E-state index contributed by atoms with van der Waals surface area (Å²) >= 11 is 6.19. The fraction of sp³-hybridized carbons (Fsp3) is 0.500. The molecule has 2 heteroatoms. The first-order valence-corrected chi connectivity index (χ1v) is 7.24. The number of allylic oxidation sites excluding steroid dienone is 1. The van der Waals surface area contributed by atoms with Gasteiger partial charge in [0.25, 0.3) is 0 Å². The fourth-order valence-corrected chi connectivity index (χ4v) is 3.30. The SMILES string of the molecule is Cc1ccc2c(c1)CC(CC1=CC(Cl)CCC1)O2. The molecule has 1 nitrogen and oxygen atoms in total. The summed E-state index contributed by atoms with van der Waals surface area (Å²) in [6.07, 6.45) is 8.17. The van der Waals surface area contributed by atoms with Crippen LogP contribution < -0.4 is 4.74 Å². The molecule has 0 saturated carbocycles. The smallest absolute Gasteiger partial charge is 0.123 e. The van der Waals surface area contributed by atoms with Crippen molar-refractivity contribution >= 4 is 11.6 Å². The fourth-order valence-electron chi connectivity index (χ4n) is 2.97. The van der Waals surface area contributed by atoms with Crippen molar-refractivity contribution in [3.05, 3.63) is 41.0 Å². The lowest BCUT2D eigenvalue weighted by Crippen LogP contribution is -2.16. The lowest BCUT2D eigenvalue weighted by Gasteiger charge is -2.19. The van der Waals surface area contributed by atoms with E-state index in [4.69, 9.17) is 16.3 Å². The summed E-state index contributed by atoms with van der Waals surface area (Å²) in [7, 11) is 0. The van der Waals surface area contributed by atoms with Crippen molar-refractivity contribution in [1.29, 1.82) is 0 Å². The van der Waals surface area contributed by atoms with Crippen LogP contribution in [0.4, 0.5) is 0 Å². The van der Waals surface area contributed by atoms with Crippen molar-refractivity contribution in [2.24, 2.45) is 0 Å². The molecule has 1 aliphatic heterocycles. The minimum Gasteiger partial charge on any atom is -0.489 e. The van der Waals surface area contributed by atoms with Gasteiger partial charge in [-0.15, -0.1) is 11.6 Å². The van der Waals surface area contributed by atoms with Gasteiger partial charge in [-0.3, -0.25) is 0 Å². The summed E-state index contributed by atoms with van der Waals surface area (Å²) in [4.78, 5) is 0. The molecular weight excluding hydrogens is 244 g/mol. The highest BCUT2D eigenvalue weighted by Crippen LogP contribution is 2.34. The summed E-state index contributed by atoms with van der Waals surface area (Å²) in [5, 5.41) is 0.236. The number of rotatable bonds is 2. The Labute approximate surface area is 114 Å². The first kappa shape index (κ1) is 12.1. The summed E-state index contributed by atoms with van der Waals surface area (Å²) in [5.41, 5.74) is 4.16. The van der Waals surface area contributed by atoms with Crippen LogP contribution >= 0.6 is 11.6 Å². The Hall–Kier alpha value is -0.950. The van der Waals surface area contributed by atoms with Crippen LogP contribution in [0.15, 0.2) is 29.8 Å². The summed E-state index contributed by atoms with van der Waals surface area (Å²) in [6, 6.07) is 6.47. The molecular formula is C16H19ClO. The second-order valence-electron chi connectivity index (χ2n) is 5.49. The van der Waals surface area contributed by atoms with E-state index in [1.807, 2.05) is 0 Å². The Kier molecular flexibility index (Phi) is 3.34. The molecule has 2 unspecified atom stereocenters. The van der Waals surface area contributed by atoms with E-state index in [1.54, 1.807) is 0 Å². The Morgan fingerprint density at radius 2 is 2.28 bits per heavy atom. The van der Waals surface area contributed by atoms with Gasteiger partial charge in [0.15, 0.2) is 0 Å². The van der Waals surface area contributed by atoms with E-state index >= 15 is 0 Å². The van der Waals surface area contributed by atoms with Crippen LogP contribution in [0.25, 0.3) is 0 Å². The van der Waals surface area contributed by atoms with Crippen molar-refractivity contribution < 1.29 is 4.74 Å². The van der Waals surface area contributed by atoms with Crippen LogP contribution in [-0.2, 0) is 6.42 Å². The van der Waals surface area contributed by atoms with E-state index in [-0.39, 0.29) is 5.38 Å². The zero-order valence-electron chi connectivity index (χ0n) is 10.8. The van der Waals surface area contributed by atoms with Gasteiger partial charge in [-0.2, -0.15) is 0 Å². The molecule has 2 atom stereocenters. The molecule has 0 N–H and O–H groups in total. The van der Waals surface area contributed by atoms with Gasteiger partial charge in [0.05, 0.1) is 5.38 Å². The van der Waals surface area contributed by atoms with Crippen LogP contribution in [0.2, 0.25) is 0 Å². The predicted octanol–water partition coefficient (Wildman–Crippen LogP) is 4.41. The van der Waals surface area contributed by atoms with Crippen LogP contribution in [0, 0.1) is 6.92 Å². The van der Waals surface area contributed by atoms with Gasteiger partial charge in [-0.1, -0.05) is 29.3 Å². The van der Waals surface area contributed by atoms with E-state index in [9.17, 15) is 0 Å². The van der Waals surface area contributed by atoms with Gasteiger partial charge in [0, 0.05) is 12.8 Å². The zero-order chi connectivity index (χ0) is 12.5. The van der Waals surface area contributed by atoms with Gasteiger partial charge in [-0.05, 0) is 37.8 Å². The molecule has 96 valence electrons. The van der Waals surface area contributed by atoms with E-state index in [1.165, 1.54) is 29.5 Å². The summed E-state index contributed by atoms with van der Waals surface area (Å²) < 4.78 is 6.02. The zero-order valence-corrected chi connectivity index (χ0v) is 11.5. The normalized spacial score (nSPS) is 26.4. The standard InChI is InChI=1S/C16H19ClO/c1-11-5-6-16-13(7-11)10-15(18-16)9-12-3-2-4-14(17)8-12/h5-8,14-15H,2-4,9-10H2,1H3. The van der Waals surface area contributed by atoms with Crippen molar-refractivity contribution in [1.82, 2.24) is 0 Å². The second kappa shape index (κ2) is 4.97. The van der Waals surface area contributed by atoms with Crippen molar-refractivity contribution in [2.45, 2.75) is 50.5 Å². The summed E-state index contributed by atoms with van der Waals surface area (Å²) in [5.74, 6) is 1.07. The van der Waals surface area contributed by atoms with Crippen molar-refractivity contribution in [3.63, 3.8) is 0 Å². The molecule has 2 aliphatic rings. The second-order valence-corrected chi connectivity index (χ2v) is 6.05. The lowest BCUT2D eigenvalue weighted by molar-refractivity contribution is 0.231. The van der Waals surface area contributed by atoms with Gasteiger partial charge in [0.2, 0.25) is 0 Å². The molecule has 0 amide bonds. The molecule has 0 spiro atoms. The Balaban J connectivity index is 1.67. The topological polar surface area (TPSA) is 9.23 Å². The van der Waals surface area contributed by atoms with E-state index in [0.717, 1.165) is 25.0 Å². The number of hydrogen-bond acceptors (Lipinski definition) is 1. The largest absolute Gasteiger partial charge is 0.489 e. The maximum atomic E-state index is 6.19. The van der Waals surface area contributed by atoms with Gasteiger partial charge in [0.1, 0.15) is 11.9 Å². The molecule has 1 aliphatic carbocycles. The van der Waals surface area contributed by atoms with E-state index in [2.05, 4.69) is 31.2 Å². The van der Waals surface area contributed by atoms with Crippen molar-refractivity contribution in [3.8, 4) is 5.75 Å².